The van der Waals surface area contributed by atoms with Gasteiger partial charge in [0.1, 0.15) is 0 Å². The highest BCUT2D eigenvalue weighted by Gasteiger charge is 2.41. The standard InChI is InChI=1S/C13H23N5/c1-3-10-11(4-2)17-18-12(16-10)15-9-13(5-6-13)7-8-14/h3-9,14H2,1-2H3,(H,15,16,18). The van der Waals surface area contributed by atoms with Crippen LogP contribution in [0.1, 0.15) is 44.5 Å². The molecule has 0 amide bonds. The zero-order chi connectivity index (χ0) is 13.0. The van der Waals surface area contributed by atoms with Crippen LogP contribution in [0.25, 0.3) is 0 Å². The summed E-state index contributed by atoms with van der Waals surface area (Å²) in [6.07, 6.45) is 5.40. The van der Waals surface area contributed by atoms with E-state index in [1.54, 1.807) is 0 Å². The maximum Gasteiger partial charge on any atom is 0.242 e. The molecule has 0 unspecified atom stereocenters. The van der Waals surface area contributed by atoms with Gasteiger partial charge in [0.25, 0.3) is 0 Å². The van der Waals surface area contributed by atoms with Gasteiger partial charge in [-0.1, -0.05) is 13.8 Å². The highest BCUT2D eigenvalue weighted by molar-refractivity contribution is 5.27. The van der Waals surface area contributed by atoms with Crippen molar-refractivity contribution in [2.24, 2.45) is 11.1 Å². The summed E-state index contributed by atoms with van der Waals surface area (Å²) in [4.78, 5) is 4.54. The van der Waals surface area contributed by atoms with Crippen molar-refractivity contribution in [2.75, 3.05) is 18.4 Å². The largest absolute Gasteiger partial charge is 0.352 e. The second-order valence-corrected chi connectivity index (χ2v) is 5.13. The zero-order valence-electron chi connectivity index (χ0n) is 11.4. The Hall–Kier alpha value is -1.23. The summed E-state index contributed by atoms with van der Waals surface area (Å²) in [5.41, 5.74) is 8.09. The molecule has 0 aromatic carbocycles. The van der Waals surface area contributed by atoms with Gasteiger partial charge in [0.2, 0.25) is 5.95 Å². The molecule has 100 valence electrons. The molecule has 5 heteroatoms. The predicted molar refractivity (Wildman–Crippen MR) is 72.4 cm³/mol. The number of nitrogens with two attached hydrogens (primary N) is 1. The lowest BCUT2D eigenvalue weighted by Crippen LogP contribution is -2.21. The fraction of sp³-hybridized carbons (Fsp3) is 0.769. The molecule has 1 aliphatic rings. The molecule has 0 aliphatic heterocycles. The Kier molecular flexibility index (Phi) is 4.11. The van der Waals surface area contributed by atoms with Crippen LogP contribution < -0.4 is 11.1 Å². The van der Waals surface area contributed by atoms with Gasteiger partial charge in [-0.05, 0) is 44.1 Å². The molecule has 1 saturated carbocycles. The third-order valence-electron chi connectivity index (χ3n) is 3.76. The van der Waals surface area contributed by atoms with Crippen LogP contribution in [0.15, 0.2) is 0 Å². The minimum Gasteiger partial charge on any atom is -0.352 e. The molecule has 5 nitrogen and oxygen atoms in total. The Morgan fingerprint density at radius 3 is 2.44 bits per heavy atom. The van der Waals surface area contributed by atoms with Gasteiger partial charge in [-0.3, -0.25) is 0 Å². The predicted octanol–water partition coefficient (Wildman–Crippen LogP) is 1.54. The topological polar surface area (TPSA) is 76.7 Å². The number of anilines is 1. The van der Waals surface area contributed by atoms with E-state index in [2.05, 4.69) is 34.3 Å². The van der Waals surface area contributed by atoms with Gasteiger partial charge in [0.15, 0.2) is 0 Å². The van der Waals surface area contributed by atoms with E-state index < -0.39 is 0 Å². The number of nitrogens with zero attached hydrogens (tertiary/aromatic N) is 3. The lowest BCUT2D eigenvalue weighted by Gasteiger charge is -2.15. The van der Waals surface area contributed by atoms with Gasteiger partial charge in [0, 0.05) is 6.54 Å². The maximum absolute atomic E-state index is 5.64. The van der Waals surface area contributed by atoms with Crippen LogP contribution in [0.3, 0.4) is 0 Å². The first-order valence-electron chi connectivity index (χ1n) is 6.89. The summed E-state index contributed by atoms with van der Waals surface area (Å²) in [7, 11) is 0. The van der Waals surface area contributed by atoms with Crippen molar-refractivity contribution in [1.29, 1.82) is 0 Å². The molecule has 0 bridgehead atoms. The van der Waals surface area contributed by atoms with Crippen molar-refractivity contribution < 1.29 is 0 Å². The first-order valence-corrected chi connectivity index (χ1v) is 6.89. The van der Waals surface area contributed by atoms with E-state index in [9.17, 15) is 0 Å². The summed E-state index contributed by atoms with van der Waals surface area (Å²) < 4.78 is 0. The van der Waals surface area contributed by atoms with Crippen LogP contribution in [0.5, 0.6) is 0 Å². The van der Waals surface area contributed by atoms with Gasteiger partial charge in [-0.25, -0.2) is 4.98 Å². The fourth-order valence-electron chi connectivity index (χ4n) is 2.28. The Labute approximate surface area is 109 Å². The van der Waals surface area contributed by atoms with Crippen molar-refractivity contribution in [1.82, 2.24) is 15.2 Å². The van der Waals surface area contributed by atoms with Crippen LogP contribution in [-0.2, 0) is 12.8 Å². The van der Waals surface area contributed by atoms with Gasteiger partial charge in [0.05, 0.1) is 11.4 Å². The van der Waals surface area contributed by atoms with Crippen molar-refractivity contribution >= 4 is 5.95 Å². The van der Waals surface area contributed by atoms with Gasteiger partial charge in [-0.15, -0.1) is 5.10 Å². The van der Waals surface area contributed by atoms with Crippen LogP contribution in [0.4, 0.5) is 5.95 Å². The number of rotatable bonds is 7. The molecule has 2 rings (SSSR count). The maximum atomic E-state index is 5.64. The fourth-order valence-corrected chi connectivity index (χ4v) is 2.28. The Morgan fingerprint density at radius 2 is 1.89 bits per heavy atom. The number of hydrogen-bond acceptors (Lipinski definition) is 5. The van der Waals surface area contributed by atoms with Crippen LogP contribution in [0, 0.1) is 5.41 Å². The van der Waals surface area contributed by atoms with E-state index in [0.29, 0.717) is 11.4 Å². The van der Waals surface area contributed by atoms with E-state index >= 15 is 0 Å². The SMILES string of the molecule is CCc1nnc(NCC2(CCN)CC2)nc1CC. The van der Waals surface area contributed by atoms with Crippen molar-refractivity contribution in [3.8, 4) is 0 Å². The minimum atomic E-state index is 0.397. The van der Waals surface area contributed by atoms with Gasteiger partial charge in [-0.2, -0.15) is 5.10 Å². The van der Waals surface area contributed by atoms with Gasteiger partial charge < -0.3 is 11.1 Å². The van der Waals surface area contributed by atoms with E-state index in [4.69, 9.17) is 5.73 Å². The first-order chi connectivity index (χ1) is 8.73. The summed E-state index contributed by atoms with van der Waals surface area (Å²) in [5, 5.41) is 11.7. The molecule has 1 aromatic heterocycles. The van der Waals surface area contributed by atoms with Crippen LogP contribution in [0.2, 0.25) is 0 Å². The molecule has 0 atom stereocenters. The van der Waals surface area contributed by atoms with Gasteiger partial charge >= 0.3 is 0 Å². The summed E-state index contributed by atoms with van der Waals surface area (Å²) in [6.45, 7) is 5.86. The molecule has 18 heavy (non-hydrogen) atoms. The third kappa shape index (κ3) is 2.96. The summed E-state index contributed by atoms with van der Waals surface area (Å²) in [5.74, 6) is 0.660. The molecule has 0 spiro atoms. The van der Waals surface area contributed by atoms with Crippen LogP contribution >= 0.6 is 0 Å². The molecule has 1 aromatic rings. The smallest absolute Gasteiger partial charge is 0.242 e. The Bertz CT molecular complexity index is 400. The van der Waals surface area contributed by atoms with Crippen molar-refractivity contribution in [2.45, 2.75) is 46.0 Å². The van der Waals surface area contributed by atoms with E-state index in [-0.39, 0.29) is 0 Å². The molecule has 1 heterocycles. The molecular weight excluding hydrogens is 226 g/mol. The van der Waals surface area contributed by atoms with E-state index in [1.165, 1.54) is 12.8 Å². The number of aryl methyl sites for hydroxylation is 2. The highest BCUT2D eigenvalue weighted by Crippen LogP contribution is 2.48. The normalized spacial score (nSPS) is 16.6. The summed E-state index contributed by atoms with van der Waals surface area (Å²) >= 11 is 0. The van der Waals surface area contributed by atoms with E-state index in [1.807, 2.05) is 0 Å². The molecular formula is C13H23N5. The van der Waals surface area contributed by atoms with Crippen molar-refractivity contribution in [3.63, 3.8) is 0 Å². The second kappa shape index (κ2) is 5.61. The number of aromatic nitrogens is 3. The quantitative estimate of drug-likeness (QED) is 0.766. The summed E-state index contributed by atoms with van der Waals surface area (Å²) in [6, 6.07) is 0. The minimum absolute atomic E-state index is 0.397. The molecule has 3 N–H and O–H groups in total. The zero-order valence-corrected chi connectivity index (χ0v) is 11.4. The third-order valence-corrected chi connectivity index (χ3v) is 3.76. The second-order valence-electron chi connectivity index (χ2n) is 5.13. The lowest BCUT2D eigenvalue weighted by atomic mass is 10.0. The monoisotopic (exact) mass is 249 g/mol. The molecule has 1 fully saturated rings. The average molecular weight is 249 g/mol. The highest BCUT2D eigenvalue weighted by atomic mass is 15.2. The first kappa shape index (κ1) is 13.2. The lowest BCUT2D eigenvalue weighted by molar-refractivity contribution is 0.499. The van der Waals surface area contributed by atoms with Crippen LogP contribution in [-0.4, -0.2) is 28.3 Å². The Balaban J connectivity index is 1.97. The molecule has 1 aliphatic carbocycles. The molecule has 0 radical (unpaired) electrons. The molecule has 0 saturated heterocycles. The Morgan fingerprint density at radius 1 is 1.17 bits per heavy atom. The van der Waals surface area contributed by atoms with E-state index in [0.717, 1.165) is 43.7 Å². The number of hydrogen-bond donors (Lipinski definition) is 2. The number of nitrogens with one attached hydrogen (secondary N) is 1. The average Bonchev–Trinajstić information content (AvgIpc) is 3.16. The van der Waals surface area contributed by atoms with Crippen molar-refractivity contribution in [3.05, 3.63) is 11.4 Å².